The molecule has 31 heavy (non-hydrogen) atoms. The van der Waals surface area contributed by atoms with Crippen LogP contribution in [0.4, 0.5) is 0 Å². The lowest BCUT2D eigenvalue weighted by molar-refractivity contribution is -0.126. The number of nitrogens with zero attached hydrogens (tertiary/aromatic N) is 1. The van der Waals surface area contributed by atoms with Crippen molar-refractivity contribution >= 4 is 15.9 Å². The second kappa shape index (κ2) is 9.83. The van der Waals surface area contributed by atoms with Crippen LogP contribution in [0.15, 0.2) is 47.4 Å². The topological polar surface area (TPSA) is 75.7 Å². The third kappa shape index (κ3) is 5.46. The summed E-state index contributed by atoms with van der Waals surface area (Å²) in [6.07, 6.45) is 1.01. The third-order valence-corrected chi connectivity index (χ3v) is 7.80. The molecule has 1 heterocycles. The fourth-order valence-corrected chi connectivity index (χ4v) is 5.45. The van der Waals surface area contributed by atoms with E-state index in [-0.39, 0.29) is 22.6 Å². The molecular formula is C24H32N2O4S. The van der Waals surface area contributed by atoms with Gasteiger partial charge >= 0.3 is 0 Å². The van der Waals surface area contributed by atoms with Gasteiger partial charge in [0.05, 0.1) is 7.11 Å². The van der Waals surface area contributed by atoms with E-state index in [9.17, 15) is 13.2 Å². The van der Waals surface area contributed by atoms with Crippen LogP contribution in [0.5, 0.6) is 5.75 Å². The summed E-state index contributed by atoms with van der Waals surface area (Å²) in [5, 5.41) is 2.98. The molecule has 0 atom stereocenters. The van der Waals surface area contributed by atoms with Crippen molar-refractivity contribution in [1.29, 1.82) is 0 Å². The maximum absolute atomic E-state index is 13.3. The van der Waals surface area contributed by atoms with Gasteiger partial charge in [-0.2, -0.15) is 4.31 Å². The number of benzene rings is 2. The number of ether oxygens (including phenoxy) is 1. The second-order valence-corrected chi connectivity index (χ2v) is 10.4. The zero-order chi connectivity index (χ0) is 22.6. The molecule has 0 aliphatic carbocycles. The number of carbonyl (C=O) groups is 1. The molecule has 1 saturated heterocycles. The highest BCUT2D eigenvalue weighted by Crippen LogP contribution is 2.32. The van der Waals surface area contributed by atoms with Gasteiger partial charge in [-0.15, -0.1) is 0 Å². The number of sulfonamides is 1. The maximum atomic E-state index is 13.3. The summed E-state index contributed by atoms with van der Waals surface area (Å²) in [4.78, 5) is 12.8. The molecule has 0 aromatic heterocycles. The Morgan fingerprint density at radius 3 is 2.35 bits per heavy atom. The molecule has 1 aliphatic rings. The third-order valence-electron chi connectivity index (χ3n) is 5.88. The first-order valence-electron chi connectivity index (χ1n) is 10.7. The molecule has 168 valence electrons. The van der Waals surface area contributed by atoms with Crippen LogP contribution in [0.2, 0.25) is 0 Å². The molecule has 7 heteroatoms. The molecule has 0 bridgehead atoms. The average Bonchev–Trinajstić information content (AvgIpc) is 2.78. The first-order valence-corrected chi connectivity index (χ1v) is 12.2. The van der Waals surface area contributed by atoms with E-state index in [2.05, 4.69) is 5.32 Å². The molecule has 6 nitrogen and oxygen atoms in total. The van der Waals surface area contributed by atoms with Gasteiger partial charge in [0.2, 0.25) is 15.9 Å². The van der Waals surface area contributed by atoms with Crippen molar-refractivity contribution in [3.63, 3.8) is 0 Å². The molecule has 0 saturated carbocycles. The van der Waals surface area contributed by atoms with Crippen molar-refractivity contribution < 1.29 is 17.9 Å². The monoisotopic (exact) mass is 444 g/mol. The van der Waals surface area contributed by atoms with Crippen LogP contribution in [0.25, 0.3) is 0 Å². The van der Waals surface area contributed by atoms with Gasteiger partial charge in [-0.1, -0.05) is 49.7 Å². The van der Waals surface area contributed by atoms with Crippen LogP contribution in [-0.4, -0.2) is 38.8 Å². The molecular weight excluding hydrogens is 412 g/mol. The number of nitrogens with one attached hydrogen (secondary N) is 1. The molecule has 0 unspecified atom stereocenters. The molecule has 1 aliphatic heterocycles. The first-order chi connectivity index (χ1) is 14.7. The zero-order valence-electron chi connectivity index (χ0n) is 18.7. The lowest BCUT2D eigenvalue weighted by atomic mass is 9.97. The SMILES string of the molecule is COc1ccc(C(C)C)cc1S(=O)(=O)N1CCC(C(=O)NCc2ccc(C)cc2)CC1. The number of hydrogen-bond donors (Lipinski definition) is 1. The van der Waals surface area contributed by atoms with Crippen LogP contribution in [0.3, 0.4) is 0 Å². The van der Waals surface area contributed by atoms with E-state index in [1.807, 2.05) is 51.1 Å². The predicted molar refractivity (Wildman–Crippen MR) is 122 cm³/mol. The number of hydrogen-bond acceptors (Lipinski definition) is 4. The molecule has 0 radical (unpaired) electrons. The number of carbonyl (C=O) groups excluding carboxylic acids is 1. The summed E-state index contributed by atoms with van der Waals surface area (Å²) < 4.78 is 33.4. The number of piperidine rings is 1. The van der Waals surface area contributed by atoms with Crippen molar-refractivity contribution in [2.45, 2.75) is 51.0 Å². The van der Waals surface area contributed by atoms with Crippen LogP contribution in [0.1, 0.15) is 49.3 Å². The van der Waals surface area contributed by atoms with Gasteiger partial charge in [0.1, 0.15) is 10.6 Å². The number of amides is 1. The van der Waals surface area contributed by atoms with Crippen molar-refractivity contribution in [3.8, 4) is 5.75 Å². The predicted octanol–water partition coefficient (Wildman–Crippen LogP) is 3.84. The first kappa shape index (κ1) is 23.3. The summed E-state index contributed by atoms with van der Waals surface area (Å²) in [5.41, 5.74) is 3.18. The molecule has 1 amide bonds. The second-order valence-electron chi connectivity index (χ2n) is 8.45. The van der Waals surface area contributed by atoms with E-state index < -0.39 is 10.0 Å². The lowest BCUT2D eigenvalue weighted by Gasteiger charge is -2.31. The Balaban J connectivity index is 1.63. The van der Waals surface area contributed by atoms with Gasteiger partial charge in [-0.3, -0.25) is 4.79 Å². The highest BCUT2D eigenvalue weighted by molar-refractivity contribution is 7.89. The summed E-state index contributed by atoms with van der Waals surface area (Å²) in [6.45, 7) is 7.20. The lowest BCUT2D eigenvalue weighted by Crippen LogP contribution is -2.43. The standard InChI is InChI=1S/C24H32N2O4S/c1-17(2)21-9-10-22(30-4)23(15-21)31(28,29)26-13-11-20(12-14-26)24(27)25-16-19-7-5-18(3)6-8-19/h5-10,15,17,20H,11-14,16H2,1-4H3,(H,25,27). The smallest absolute Gasteiger partial charge is 0.246 e. The van der Waals surface area contributed by atoms with Gasteiger partial charge in [-0.25, -0.2) is 8.42 Å². The molecule has 1 fully saturated rings. The molecule has 2 aromatic carbocycles. The minimum atomic E-state index is -3.69. The van der Waals surface area contributed by atoms with Crippen molar-refractivity contribution in [1.82, 2.24) is 9.62 Å². The molecule has 3 rings (SSSR count). The van der Waals surface area contributed by atoms with Gasteiger partial charge in [0, 0.05) is 25.6 Å². The Labute approximate surface area is 185 Å². The Hall–Kier alpha value is -2.38. The molecule has 0 spiro atoms. The van der Waals surface area contributed by atoms with Crippen molar-refractivity contribution in [2.75, 3.05) is 20.2 Å². The van der Waals surface area contributed by atoms with Gasteiger partial charge in [-0.05, 0) is 48.9 Å². The van der Waals surface area contributed by atoms with Crippen LogP contribution >= 0.6 is 0 Å². The Morgan fingerprint density at radius 2 is 1.77 bits per heavy atom. The number of methoxy groups -OCH3 is 1. The fourth-order valence-electron chi connectivity index (χ4n) is 3.79. The number of aryl methyl sites for hydroxylation is 1. The normalized spacial score (nSPS) is 15.8. The van der Waals surface area contributed by atoms with Crippen molar-refractivity contribution in [2.24, 2.45) is 5.92 Å². The van der Waals surface area contributed by atoms with E-state index in [4.69, 9.17) is 4.74 Å². The quantitative estimate of drug-likeness (QED) is 0.704. The van der Waals surface area contributed by atoms with Crippen LogP contribution < -0.4 is 10.1 Å². The average molecular weight is 445 g/mol. The fraction of sp³-hybridized carbons (Fsp3) is 0.458. The largest absolute Gasteiger partial charge is 0.495 e. The van der Waals surface area contributed by atoms with E-state index in [1.54, 1.807) is 12.1 Å². The van der Waals surface area contributed by atoms with Crippen LogP contribution in [-0.2, 0) is 21.4 Å². The van der Waals surface area contributed by atoms with E-state index in [0.717, 1.165) is 11.1 Å². The highest BCUT2D eigenvalue weighted by Gasteiger charge is 2.34. The van der Waals surface area contributed by atoms with Crippen molar-refractivity contribution in [3.05, 3.63) is 59.2 Å². The Kier molecular flexibility index (Phi) is 7.38. The Bertz CT molecular complexity index is 1010. The van der Waals surface area contributed by atoms with E-state index >= 15 is 0 Å². The summed E-state index contributed by atoms with van der Waals surface area (Å²) in [7, 11) is -2.21. The summed E-state index contributed by atoms with van der Waals surface area (Å²) in [6, 6.07) is 13.4. The zero-order valence-corrected chi connectivity index (χ0v) is 19.5. The summed E-state index contributed by atoms with van der Waals surface area (Å²) in [5.74, 6) is 0.364. The van der Waals surface area contributed by atoms with Gasteiger partial charge in [0.15, 0.2) is 0 Å². The maximum Gasteiger partial charge on any atom is 0.246 e. The van der Waals surface area contributed by atoms with E-state index in [1.165, 1.54) is 17.0 Å². The Morgan fingerprint density at radius 1 is 1.13 bits per heavy atom. The minimum Gasteiger partial charge on any atom is -0.495 e. The molecule has 1 N–H and O–H groups in total. The summed E-state index contributed by atoms with van der Waals surface area (Å²) >= 11 is 0. The minimum absolute atomic E-state index is 0.0167. The van der Waals surface area contributed by atoms with Gasteiger partial charge < -0.3 is 10.1 Å². The van der Waals surface area contributed by atoms with Crippen LogP contribution in [0, 0.1) is 12.8 Å². The van der Waals surface area contributed by atoms with E-state index in [0.29, 0.717) is 38.2 Å². The molecule has 2 aromatic rings. The number of rotatable bonds is 7. The highest BCUT2D eigenvalue weighted by atomic mass is 32.2. The van der Waals surface area contributed by atoms with Gasteiger partial charge in [0.25, 0.3) is 0 Å².